The lowest BCUT2D eigenvalue weighted by atomic mass is 10.1. The topological polar surface area (TPSA) is 109 Å². The highest BCUT2D eigenvalue weighted by Gasteiger charge is 2.13. The van der Waals surface area contributed by atoms with Crippen molar-refractivity contribution in [2.45, 2.75) is 0 Å². The molecule has 0 saturated carbocycles. The van der Waals surface area contributed by atoms with E-state index in [1.54, 1.807) is 0 Å². The number of fused-ring (bicyclic) bond motifs is 2. The Kier molecular flexibility index (Phi) is 5.94. The predicted octanol–water partition coefficient (Wildman–Crippen LogP) is 8.46. The second-order valence-corrected chi connectivity index (χ2v) is 9.56. The molecule has 7 heteroatoms. The van der Waals surface area contributed by atoms with Crippen molar-refractivity contribution >= 4 is 32.9 Å². The van der Waals surface area contributed by atoms with Gasteiger partial charge in [-0.1, -0.05) is 48.5 Å². The first kappa shape index (κ1) is 24.2. The molecule has 0 spiro atoms. The molecule has 1 aromatic heterocycles. The van der Waals surface area contributed by atoms with Crippen molar-refractivity contribution < 1.29 is 13.9 Å². The van der Waals surface area contributed by atoms with Crippen molar-refractivity contribution in [2.24, 2.45) is 0 Å². The summed E-state index contributed by atoms with van der Waals surface area (Å²) < 4.78 is 18.3. The van der Waals surface area contributed by atoms with E-state index in [1.165, 1.54) is 0 Å². The average Bonchev–Trinajstić information content (AvgIpc) is 3.50. The van der Waals surface area contributed by atoms with Gasteiger partial charge < -0.3 is 25.4 Å². The molecular formula is C34H24N4O3. The van der Waals surface area contributed by atoms with Crippen molar-refractivity contribution in [1.82, 2.24) is 10.2 Å². The quantitative estimate of drug-likeness (QED) is 0.205. The Bertz CT molecular complexity index is 1870. The van der Waals surface area contributed by atoms with Crippen LogP contribution in [0, 0.1) is 0 Å². The summed E-state index contributed by atoms with van der Waals surface area (Å²) >= 11 is 0. The highest BCUT2D eigenvalue weighted by atomic mass is 16.5. The van der Waals surface area contributed by atoms with Gasteiger partial charge in [0.15, 0.2) is 0 Å². The zero-order valence-corrected chi connectivity index (χ0v) is 21.8. The number of aromatic nitrogens is 2. The molecule has 0 saturated heterocycles. The Hall–Kier alpha value is -5.82. The third-order valence-corrected chi connectivity index (χ3v) is 6.91. The van der Waals surface area contributed by atoms with E-state index in [-0.39, 0.29) is 0 Å². The largest absolute Gasteiger partial charge is 0.457 e. The van der Waals surface area contributed by atoms with Crippen molar-refractivity contribution in [3.8, 4) is 45.9 Å². The number of hydrogen-bond donors (Lipinski definition) is 2. The third kappa shape index (κ3) is 4.66. The zero-order valence-electron chi connectivity index (χ0n) is 21.8. The molecule has 0 radical (unpaired) electrons. The first-order chi connectivity index (χ1) is 20.1. The summed E-state index contributed by atoms with van der Waals surface area (Å²) in [5.74, 6) is 3.68. The van der Waals surface area contributed by atoms with Crippen molar-refractivity contribution in [3.05, 3.63) is 121 Å². The maximum Gasteiger partial charge on any atom is 0.248 e. The second-order valence-electron chi connectivity index (χ2n) is 9.56. The standard InChI is InChI=1S/C34H24N4O3/c35-29-9-1-7-27-25(29)5-3-11-31(27)39-23-17-13-21(14-18-23)33-37-38-34(41-33)22-15-19-24(20-16-22)40-32-12-4-6-26-28(32)8-2-10-30(26)36/h1-20H,35-36H2. The molecule has 7 rings (SSSR count). The predicted molar refractivity (Wildman–Crippen MR) is 162 cm³/mol. The van der Waals surface area contributed by atoms with Gasteiger partial charge in [0.05, 0.1) is 0 Å². The van der Waals surface area contributed by atoms with Gasteiger partial charge in [0, 0.05) is 44.0 Å². The van der Waals surface area contributed by atoms with Gasteiger partial charge in [-0.25, -0.2) is 0 Å². The van der Waals surface area contributed by atoms with Crippen LogP contribution in [0.2, 0.25) is 0 Å². The van der Waals surface area contributed by atoms with E-state index in [0.29, 0.717) is 34.7 Å². The van der Waals surface area contributed by atoms with E-state index < -0.39 is 0 Å². The van der Waals surface area contributed by atoms with Crippen LogP contribution in [0.1, 0.15) is 0 Å². The fourth-order valence-corrected chi connectivity index (χ4v) is 4.83. The summed E-state index contributed by atoms with van der Waals surface area (Å²) in [6.45, 7) is 0. The number of nitrogens with zero attached hydrogens (tertiary/aromatic N) is 2. The van der Waals surface area contributed by atoms with Crippen molar-refractivity contribution in [1.29, 1.82) is 0 Å². The molecule has 0 unspecified atom stereocenters. The van der Waals surface area contributed by atoms with Crippen LogP contribution in [-0.2, 0) is 0 Å². The second kappa shape index (κ2) is 10.1. The molecule has 0 aliphatic rings. The molecule has 4 N–H and O–H groups in total. The Balaban J connectivity index is 1.07. The molecule has 0 atom stereocenters. The van der Waals surface area contributed by atoms with Crippen LogP contribution in [0.5, 0.6) is 23.0 Å². The fraction of sp³-hybridized carbons (Fsp3) is 0. The van der Waals surface area contributed by atoms with Crippen molar-refractivity contribution in [3.63, 3.8) is 0 Å². The maximum atomic E-state index is 6.16. The number of ether oxygens (including phenoxy) is 2. The number of hydrogen-bond acceptors (Lipinski definition) is 7. The van der Waals surface area contributed by atoms with Gasteiger partial charge in [-0.2, -0.15) is 0 Å². The van der Waals surface area contributed by atoms with Crippen LogP contribution in [0.25, 0.3) is 44.5 Å². The summed E-state index contributed by atoms with van der Waals surface area (Å²) in [5, 5.41) is 12.3. The van der Waals surface area contributed by atoms with Crippen LogP contribution in [0.15, 0.2) is 126 Å². The number of nitrogens with two attached hydrogens (primary N) is 2. The molecule has 0 bridgehead atoms. The molecular weight excluding hydrogens is 512 g/mol. The van der Waals surface area contributed by atoms with Crippen LogP contribution < -0.4 is 20.9 Å². The van der Waals surface area contributed by atoms with E-state index in [2.05, 4.69) is 10.2 Å². The molecule has 7 nitrogen and oxygen atoms in total. The normalized spacial score (nSPS) is 11.1. The number of benzene rings is 6. The van der Waals surface area contributed by atoms with E-state index in [9.17, 15) is 0 Å². The van der Waals surface area contributed by atoms with Gasteiger partial charge in [-0.3, -0.25) is 0 Å². The molecule has 0 aliphatic heterocycles. The maximum absolute atomic E-state index is 6.16. The zero-order chi connectivity index (χ0) is 27.8. The van der Waals surface area contributed by atoms with Gasteiger partial charge in [-0.05, 0) is 72.8 Å². The minimum atomic E-state index is 0.415. The molecule has 198 valence electrons. The van der Waals surface area contributed by atoms with Crippen LogP contribution >= 0.6 is 0 Å². The van der Waals surface area contributed by atoms with Crippen molar-refractivity contribution in [2.75, 3.05) is 11.5 Å². The summed E-state index contributed by atoms with van der Waals surface area (Å²) in [4.78, 5) is 0. The van der Waals surface area contributed by atoms with Gasteiger partial charge in [0.25, 0.3) is 0 Å². The van der Waals surface area contributed by atoms with E-state index in [0.717, 1.165) is 44.2 Å². The van der Waals surface area contributed by atoms with Gasteiger partial charge in [-0.15, -0.1) is 10.2 Å². The molecule has 0 fully saturated rings. The molecule has 6 aromatic carbocycles. The molecule has 0 aliphatic carbocycles. The van der Waals surface area contributed by atoms with Gasteiger partial charge in [0.2, 0.25) is 11.8 Å². The Morgan fingerprint density at radius 1 is 0.439 bits per heavy atom. The molecule has 1 heterocycles. The SMILES string of the molecule is Nc1cccc2c(Oc3ccc(-c4nnc(-c5ccc(Oc6cccc7c(N)cccc67)cc5)o4)cc3)cccc12. The van der Waals surface area contributed by atoms with Crippen LogP contribution in [0.4, 0.5) is 11.4 Å². The van der Waals surface area contributed by atoms with Crippen LogP contribution in [-0.4, -0.2) is 10.2 Å². The van der Waals surface area contributed by atoms with E-state index >= 15 is 0 Å². The first-order valence-electron chi connectivity index (χ1n) is 13.1. The monoisotopic (exact) mass is 536 g/mol. The lowest BCUT2D eigenvalue weighted by molar-refractivity contribution is 0.488. The molecule has 41 heavy (non-hydrogen) atoms. The van der Waals surface area contributed by atoms with E-state index in [4.69, 9.17) is 25.4 Å². The minimum Gasteiger partial charge on any atom is -0.457 e. The lowest BCUT2D eigenvalue weighted by Gasteiger charge is -2.10. The smallest absolute Gasteiger partial charge is 0.248 e. The average molecular weight is 537 g/mol. The fourth-order valence-electron chi connectivity index (χ4n) is 4.83. The Morgan fingerprint density at radius 3 is 1.27 bits per heavy atom. The van der Waals surface area contributed by atoms with E-state index in [1.807, 2.05) is 121 Å². The van der Waals surface area contributed by atoms with Gasteiger partial charge in [0.1, 0.15) is 23.0 Å². The molecule has 7 aromatic rings. The lowest BCUT2D eigenvalue weighted by Crippen LogP contribution is -1.90. The summed E-state index contributed by atoms with van der Waals surface area (Å²) in [5.41, 5.74) is 15.2. The Labute approximate surface area is 235 Å². The summed E-state index contributed by atoms with van der Waals surface area (Å²) in [6, 6.07) is 38.3. The Morgan fingerprint density at radius 2 is 0.829 bits per heavy atom. The van der Waals surface area contributed by atoms with Crippen LogP contribution in [0.3, 0.4) is 0 Å². The highest BCUT2D eigenvalue weighted by Crippen LogP contribution is 2.35. The summed E-state index contributed by atoms with van der Waals surface area (Å²) in [7, 11) is 0. The van der Waals surface area contributed by atoms with Gasteiger partial charge >= 0.3 is 0 Å². The third-order valence-electron chi connectivity index (χ3n) is 6.91. The number of anilines is 2. The number of rotatable bonds is 6. The summed E-state index contributed by atoms with van der Waals surface area (Å²) in [6.07, 6.45) is 0. The first-order valence-corrected chi connectivity index (χ1v) is 13.1. The highest BCUT2D eigenvalue weighted by molar-refractivity contribution is 5.97. The number of nitrogen functional groups attached to an aromatic ring is 2. The molecule has 0 amide bonds. The minimum absolute atomic E-state index is 0.415.